The van der Waals surface area contributed by atoms with Crippen LogP contribution >= 0.6 is 0 Å². The third kappa shape index (κ3) is 3.69. The van der Waals surface area contributed by atoms with E-state index in [4.69, 9.17) is 4.74 Å². The van der Waals surface area contributed by atoms with Gasteiger partial charge in [0.1, 0.15) is 0 Å². The van der Waals surface area contributed by atoms with E-state index in [9.17, 15) is 4.79 Å². The number of hydrogen-bond donors (Lipinski definition) is 0. The first kappa shape index (κ1) is 14.8. The molecular weight excluding hydrogens is 240 g/mol. The van der Waals surface area contributed by atoms with Crippen LogP contribution in [0.2, 0.25) is 0 Å². The van der Waals surface area contributed by atoms with Crippen molar-refractivity contribution in [3.05, 3.63) is 0 Å². The first-order valence-corrected chi connectivity index (χ1v) is 7.68. The Morgan fingerprint density at radius 2 is 1.68 bits per heavy atom. The molecule has 0 aromatic heterocycles. The monoisotopic (exact) mass is 268 g/mol. The Morgan fingerprint density at radius 3 is 2.21 bits per heavy atom. The van der Waals surface area contributed by atoms with Crippen LogP contribution in [0.15, 0.2) is 0 Å². The average molecular weight is 268 g/mol. The molecule has 0 unspecified atom stereocenters. The number of ether oxygens (including phenoxy) is 1. The molecule has 2 fully saturated rings. The molecule has 19 heavy (non-hydrogen) atoms. The minimum atomic E-state index is 0.315. The first-order chi connectivity index (χ1) is 9.11. The summed E-state index contributed by atoms with van der Waals surface area (Å²) in [4.78, 5) is 16.9. The minimum Gasteiger partial charge on any atom is -0.381 e. The molecule has 2 rings (SSSR count). The topological polar surface area (TPSA) is 32.8 Å². The van der Waals surface area contributed by atoms with E-state index in [-0.39, 0.29) is 0 Å². The van der Waals surface area contributed by atoms with Crippen molar-refractivity contribution >= 4 is 5.91 Å². The summed E-state index contributed by atoms with van der Waals surface area (Å²) in [5.74, 6) is 0.315. The lowest BCUT2D eigenvalue weighted by Gasteiger charge is -2.41. The summed E-state index contributed by atoms with van der Waals surface area (Å²) in [6.07, 6.45) is 6.05. The molecule has 110 valence electrons. The van der Waals surface area contributed by atoms with Crippen molar-refractivity contribution in [2.45, 2.75) is 64.1 Å². The van der Waals surface area contributed by atoms with Crippen LogP contribution in [0.1, 0.15) is 46.0 Å². The van der Waals surface area contributed by atoms with Gasteiger partial charge >= 0.3 is 0 Å². The molecule has 1 amide bonds. The predicted molar refractivity (Wildman–Crippen MR) is 76.1 cm³/mol. The molecule has 2 aliphatic heterocycles. The second-order valence-corrected chi connectivity index (χ2v) is 6.14. The van der Waals surface area contributed by atoms with Gasteiger partial charge < -0.3 is 9.64 Å². The Labute approximate surface area is 117 Å². The molecule has 0 aromatic carbocycles. The maximum atomic E-state index is 12.5. The lowest BCUT2D eigenvalue weighted by molar-refractivity contribution is -0.139. The number of piperidine rings is 2. The van der Waals surface area contributed by atoms with Gasteiger partial charge in [0.15, 0.2) is 0 Å². The van der Waals surface area contributed by atoms with Gasteiger partial charge in [-0.1, -0.05) is 0 Å². The zero-order chi connectivity index (χ0) is 13.8. The van der Waals surface area contributed by atoms with E-state index in [1.54, 1.807) is 7.11 Å². The Morgan fingerprint density at radius 1 is 1.11 bits per heavy atom. The third-order valence-corrected chi connectivity index (χ3v) is 4.71. The fourth-order valence-corrected chi connectivity index (χ4v) is 3.49. The van der Waals surface area contributed by atoms with Crippen LogP contribution in [0, 0.1) is 0 Å². The highest BCUT2D eigenvalue weighted by Crippen LogP contribution is 2.23. The van der Waals surface area contributed by atoms with Gasteiger partial charge in [0.25, 0.3) is 0 Å². The maximum absolute atomic E-state index is 12.5. The van der Waals surface area contributed by atoms with E-state index in [1.165, 1.54) is 6.42 Å². The van der Waals surface area contributed by atoms with Gasteiger partial charge in [-0.25, -0.2) is 0 Å². The molecule has 0 aromatic rings. The molecular formula is C15H28N2O2. The summed E-state index contributed by atoms with van der Waals surface area (Å²) in [6.45, 7) is 6.93. The van der Waals surface area contributed by atoms with Crippen LogP contribution < -0.4 is 0 Å². The Balaban J connectivity index is 1.83. The van der Waals surface area contributed by atoms with Crippen LogP contribution in [0.5, 0.6) is 0 Å². The van der Waals surface area contributed by atoms with Crippen LogP contribution in [0.4, 0.5) is 0 Å². The summed E-state index contributed by atoms with van der Waals surface area (Å²) in [5, 5.41) is 0. The summed E-state index contributed by atoms with van der Waals surface area (Å²) in [6, 6.07) is 0.820. The molecule has 2 saturated heterocycles. The van der Waals surface area contributed by atoms with Crippen LogP contribution in [0.3, 0.4) is 0 Å². The predicted octanol–water partition coefficient (Wildman–Crippen LogP) is 1.89. The highest BCUT2D eigenvalue weighted by Gasteiger charge is 2.30. The molecule has 2 atom stereocenters. The van der Waals surface area contributed by atoms with Gasteiger partial charge in [-0.2, -0.15) is 0 Å². The molecule has 0 aliphatic carbocycles. The Bertz CT molecular complexity index is 291. The van der Waals surface area contributed by atoms with Gasteiger partial charge in [0.2, 0.25) is 5.91 Å². The van der Waals surface area contributed by atoms with Crippen molar-refractivity contribution in [1.29, 1.82) is 0 Å². The molecule has 0 bridgehead atoms. The van der Waals surface area contributed by atoms with E-state index >= 15 is 0 Å². The van der Waals surface area contributed by atoms with Crippen molar-refractivity contribution in [3.63, 3.8) is 0 Å². The largest absolute Gasteiger partial charge is 0.381 e. The number of methoxy groups -OCH3 is 1. The summed E-state index contributed by atoms with van der Waals surface area (Å²) in [5.41, 5.74) is 0. The lowest BCUT2D eigenvalue weighted by Crippen LogP contribution is -2.52. The number of carbonyl (C=O) groups excluding carboxylic acids is 1. The number of likely N-dealkylation sites (tertiary alicyclic amines) is 2. The van der Waals surface area contributed by atoms with E-state index < -0.39 is 0 Å². The Hall–Kier alpha value is -0.610. The molecule has 2 aliphatic rings. The maximum Gasteiger partial charge on any atom is 0.237 e. The second-order valence-electron chi connectivity index (χ2n) is 6.14. The second kappa shape index (κ2) is 6.71. The van der Waals surface area contributed by atoms with Crippen molar-refractivity contribution in [3.8, 4) is 0 Å². The normalized spacial score (nSPS) is 30.6. The molecule has 0 N–H and O–H groups in total. The van der Waals surface area contributed by atoms with Gasteiger partial charge in [-0.3, -0.25) is 9.69 Å². The molecule has 0 radical (unpaired) electrons. The summed E-state index contributed by atoms with van der Waals surface area (Å²) in [7, 11) is 1.78. The fraction of sp³-hybridized carbons (Fsp3) is 0.933. The summed E-state index contributed by atoms with van der Waals surface area (Å²) >= 11 is 0. The lowest BCUT2D eigenvalue weighted by atomic mass is 9.97. The number of amides is 1. The van der Waals surface area contributed by atoms with E-state index in [2.05, 4.69) is 23.6 Å². The van der Waals surface area contributed by atoms with Crippen molar-refractivity contribution in [2.24, 2.45) is 0 Å². The number of hydrogen-bond acceptors (Lipinski definition) is 3. The van der Waals surface area contributed by atoms with Gasteiger partial charge in [-0.15, -0.1) is 0 Å². The smallest absolute Gasteiger partial charge is 0.237 e. The highest BCUT2D eigenvalue weighted by atomic mass is 16.5. The zero-order valence-electron chi connectivity index (χ0n) is 12.6. The zero-order valence-corrected chi connectivity index (χ0v) is 12.6. The SMILES string of the molecule is COC1CCN(CC(=O)N2[C@H](C)CCC[C@H]2C)CC1. The van der Waals surface area contributed by atoms with Gasteiger partial charge in [0, 0.05) is 32.3 Å². The minimum absolute atomic E-state index is 0.315. The first-order valence-electron chi connectivity index (χ1n) is 7.68. The number of carbonyl (C=O) groups is 1. The van der Waals surface area contributed by atoms with Crippen molar-refractivity contribution in [2.75, 3.05) is 26.7 Å². The highest BCUT2D eigenvalue weighted by molar-refractivity contribution is 5.79. The van der Waals surface area contributed by atoms with E-state index in [0.29, 0.717) is 30.6 Å². The van der Waals surface area contributed by atoms with Crippen LogP contribution in [0.25, 0.3) is 0 Å². The van der Waals surface area contributed by atoms with Crippen LogP contribution in [-0.4, -0.2) is 60.6 Å². The van der Waals surface area contributed by atoms with E-state index in [0.717, 1.165) is 38.8 Å². The fourth-order valence-electron chi connectivity index (χ4n) is 3.49. The van der Waals surface area contributed by atoms with Crippen LogP contribution in [-0.2, 0) is 9.53 Å². The molecule has 0 saturated carbocycles. The molecule has 0 spiro atoms. The quantitative estimate of drug-likeness (QED) is 0.783. The van der Waals surface area contributed by atoms with Crippen molar-refractivity contribution in [1.82, 2.24) is 9.80 Å². The third-order valence-electron chi connectivity index (χ3n) is 4.71. The molecule has 4 heteroatoms. The average Bonchev–Trinajstić information content (AvgIpc) is 2.39. The molecule has 4 nitrogen and oxygen atoms in total. The number of nitrogens with zero attached hydrogens (tertiary/aromatic N) is 2. The van der Waals surface area contributed by atoms with Crippen molar-refractivity contribution < 1.29 is 9.53 Å². The van der Waals surface area contributed by atoms with Gasteiger partial charge in [0.05, 0.1) is 12.6 Å². The van der Waals surface area contributed by atoms with E-state index in [1.807, 2.05) is 0 Å². The van der Waals surface area contributed by atoms with Gasteiger partial charge in [-0.05, 0) is 46.0 Å². The molecule has 2 heterocycles. The number of rotatable bonds is 3. The standard InChI is InChI=1S/C15H28N2O2/c1-12-5-4-6-13(2)17(12)15(18)11-16-9-7-14(19-3)8-10-16/h12-14H,4-11H2,1-3H3/t12-,13-/m1/s1. The Kier molecular flexibility index (Phi) is 5.22. The summed E-state index contributed by atoms with van der Waals surface area (Å²) < 4.78 is 5.37.